The van der Waals surface area contributed by atoms with Crippen LogP contribution in [0.25, 0.3) is 22.0 Å². The van der Waals surface area contributed by atoms with Crippen LogP contribution in [0.2, 0.25) is 0 Å². The molecule has 0 aliphatic carbocycles. The fourth-order valence-corrected chi connectivity index (χ4v) is 2.16. The maximum absolute atomic E-state index is 13.2. The van der Waals surface area contributed by atoms with E-state index >= 15 is 0 Å². The first kappa shape index (κ1) is 12.5. The summed E-state index contributed by atoms with van der Waals surface area (Å²) in [5, 5.41) is 0.387. The Morgan fingerprint density at radius 1 is 1.00 bits per heavy atom. The summed E-state index contributed by atoms with van der Waals surface area (Å²) in [5.74, 6) is -0.792. The second-order valence-corrected chi connectivity index (χ2v) is 4.54. The fraction of sp³-hybridized carbons (Fsp3) is 0.0667. The van der Waals surface area contributed by atoms with Crippen LogP contribution in [0.3, 0.4) is 0 Å². The number of rotatable bonds is 1. The van der Waals surface area contributed by atoms with Gasteiger partial charge in [0.2, 0.25) is 0 Å². The summed E-state index contributed by atoms with van der Waals surface area (Å²) >= 11 is 0. The third kappa shape index (κ3) is 2.18. The van der Waals surface area contributed by atoms with E-state index in [1.54, 1.807) is 25.1 Å². The van der Waals surface area contributed by atoms with Crippen molar-refractivity contribution in [2.24, 2.45) is 0 Å². The Kier molecular flexibility index (Phi) is 2.82. The van der Waals surface area contributed by atoms with Crippen molar-refractivity contribution in [3.05, 3.63) is 64.2 Å². The third-order valence-corrected chi connectivity index (χ3v) is 3.02. The molecule has 1 aromatic heterocycles. The first-order chi connectivity index (χ1) is 9.52. The number of H-pyrrole nitrogens is 1. The van der Waals surface area contributed by atoms with Crippen molar-refractivity contribution in [3.63, 3.8) is 0 Å². The molecular formula is C15H10F2N2O. The van der Waals surface area contributed by atoms with Gasteiger partial charge in [0, 0.05) is 6.07 Å². The van der Waals surface area contributed by atoms with Crippen LogP contribution < -0.4 is 5.56 Å². The molecule has 1 heterocycles. The molecule has 0 unspecified atom stereocenters. The predicted octanol–water partition coefficient (Wildman–Crippen LogP) is 3.18. The number of hydrogen-bond donors (Lipinski definition) is 1. The molecule has 100 valence electrons. The highest BCUT2D eigenvalue weighted by molar-refractivity contribution is 5.83. The SMILES string of the molecule is Cc1nc2ccc(-c3cc(F)cc(F)c3)cc2c(=O)[nH]1. The van der Waals surface area contributed by atoms with Gasteiger partial charge in [-0.25, -0.2) is 13.8 Å². The van der Waals surface area contributed by atoms with Crippen LogP contribution in [-0.2, 0) is 0 Å². The van der Waals surface area contributed by atoms with E-state index in [1.165, 1.54) is 12.1 Å². The summed E-state index contributed by atoms with van der Waals surface area (Å²) in [7, 11) is 0. The smallest absolute Gasteiger partial charge is 0.258 e. The number of benzene rings is 2. The van der Waals surface area contributed by atoms with Crippen molar-refractivity contribution in [2.45, 2.75) is 6.92 Å². The van der Waals surface area contributed by atoms with Crippen molar-refractivity contribution < 1.29 is 8.78 Å². The Bertz CT molecular complexity index is 851. The van der Waals surface area contributed by atoms with Gasteiger partial charge >= 0.3 is 0 Å². The quantitative estimate of drug-likeness (QED) is 0.739. The number of fused-ring (bicyclic) bond motifs is 1. The Labute approximate surface area is 112 Å². The van der Waals surface area contributed by atoms with Gasteiger partial charge in [0.05, 0.1) is 10.9 Å². The zero-order chi connectivity index (χ0) is 14.3. The molecule has 3 nitrogen and oxygen atoms in total. The number of aromatic nitrogens is 2. The number of hydrogen-bond acceptors (Lipinski definition) is 2. The predicted molar refractivity (Wildman–Crippen MR) is 72.5 cm³/mol. The van der Waals surface area contributed by atoms with Crippen LogP contribution in [0.4, 0.5) is 8.78 Å². The summed E-state index contributed by atoms with van der Waals surface area (Å²) in [6.07, 6.45) is 0. The molecule has 5 heteroatoms. The molecular weight excluding hydrogens is 262 g/mol. The van der Waals surface area contributed by atoms with E-state index < -0.39 is 11.6 Å². The van der Waals surface area contributed by atoms with Crippen molar-refractivity contribution in [3.8, 4) is 11.1 Å². The highest BCUT2D eigenvalue weighted by Gasteiger charge is 2.07. The normalized spacial score (nSPS) is 10.9. The van der Waals surface area contributed by atoms with E-state index in [0.717, 1.165) is 6.07 Å². The first-order valence-corrected chi connectivity index (χ1v) is 6.00. The second-order valence-electron chi connectivity index (χ2n) is 4.54. The highest BCUT2D eigenvalue weighted by Crippen LogP contribution is 2.24. The standard InChI is InChI=1S/C15H10F2N2O/c1-8-18-14-3-2-9(6-13(14)15(20)19-8)10-4-11(16)7-12(17)5-10/h2-7H,1H3,(H,18,19,20). The van der Waals surface area contributed by atoms with Gasteiger partial charge in [-0.3, -0.25) is 4.79 Å². The molecule has 2 aromatic carbocycles. The van der Waals surface area contributed by atoms with Crippen LogP contribution in [0.5, 0.6) is 0 Å². The fourth-order valence-electron chi connectivity index (χ4n) is 2.16. The van der Waals surface area contributed by atoms with Gasteiger partial charge in [-0.2, -0.15) is 0 Å². The van der Waals surface area contributed by atoms with Gasteiger partial charge in [-0.15, -0.1) is 0 Å². The van der Waals surface area contributed by atoms with E-state index in [9.17, 15) is 13.6 Å². The Morgan fingerprint density at radius 2 is 1.70 bits per heavy atom. The van der Waals surface area contributed by atoms with Crippen LogP contribution in [-0.4, -0.2) is 9.97 Å². The van der Waals surface area contributed by atoms with Gasteiger partial charge < -0.3 is 4.98 Å². The van der Waals surface area contributed by atoms with Crippen LogP contribution in [0.15, 0.2) is 41.2 Å². The molecule has 0 aliphatic heterocycles. The van der Waals surface area contributed by atoms with Crippen LogP contribution in [0.1, 0.15) is 5.82 Å². The lowest BCUT2D eigenvalue weighted by atomic mass is 10.0. The lowest BCUT2D eigenvalue weighted by Gasteiger charge is -2.05. The Balaban J connectivity index is 2.25. The molecule has 1 N–H and O–H groups in total. The minimum atomic E-state index is -0.656. The number of aromatic amines is 1. The van der Waals surface area contributed by atoms with Gasteiger partial charge in [0.15, 0.2) is 0 Å². The van der Waals surface area contributed by atoms with E-state index in [1.807, 2.05) is 0 Å². The number of aryl methyl sites for hydroxylation is 1. The Morgan fingerprint density at radius 3 is 2.40 bits per heavy atom. The first-order valence-electron chi connectivity index (χ1n) is 6.00. The molecule has 3 aromatic rings. The number of halogens is 2. The average Bonchev–Trinajstić information content (AvgIpc) is 2.37. The van der Waals surface area contributed by atoms with E-state index in [0.29, 0.717) is 27.9 Å². The average molecular weight is 272 g/mol. The largest absolute Gasteiger partial charge is 0.310 e. The van der Waals surface area contributed by atoms with Gasteiger partial charge in [-0.05, 0) is 42.3 Å². The van der Waals surface area contributed by atoms with Crippen molar-refractivity contribution in [2.75, 3.05) is 0 Å². The zero-order valence-corrected chi connectivity index (χ0v) is 10.6. The summed E-state index contributed by atoms with van der Waals surface area (Å²) in [4.78, 5) is 18.7. The minimum Gasteiger partial charge on any atom is -0.310 e. The molecule has 0 radical (unpaired) electrons. The van der Waals surface area contributed by atoms with Crippen molar-refractivity contribution >= 4 is 10.9 Å². The van der Waals surface area contributed by atoms with E-state index in [2.05, 4.69) is 9.97 Å². The Hall–Kier alpha value is -2.56. The summed E-state index contributed by atoms with van der Waals surface area (Å²) < 4.78 is 26.5. The molecule has 3 rings (SSSR count). The molecule has 0 amide bonds. The maximum atomic E-state index is 13.2. The molecule has 0 fully saturated rings. The van der Waals surface area contributed by atoms with Crippen molar-refractivity contribution in [1.82, 2.24) is 9.97 Å². The summed E-state index contributed by atoms with van der Waals surface area (Å²) in [6, 6.07) is 8.18. The van der Waals surface area contributed by atoms with Crippen LogP contribution in [0, 0.1) is 18.6 Å². The molecule has 0 bridgehead atoms. The summed E-state index contributed by atoms with van der Waals surface area (Å²) in [6.45, 7) is 1.69. The zero-order valence-electron chi connectivity index (χ0n) is 10.6. The molecule has 0 aliphatic rings. The summed E-state index contributed by atoms with van der Waals surface area (Å²) in [5.41, 5.74) is 1.22. The minimum absolute atomic E-state index is 0.272. The molecule has 0 saturated heterocycles. The second kappa shape index (κ2) is 4.52. The number of nitrogens with zero attached hydrogens (tertiary/aromatic N) is 1. The van der Waals surface area contributed by atoms with Gasteiger partial charge in [0.1, 0.15) is 17.5 Å². The highest BCUT2D eigenvalue weighted by atomic mass is 19.1. The monoisotopic (exact) mass is 272 g/mol. The lowest BCUT2D eigenvalue weighted by Crippen LogP contribution is -2.09. The van der Waals surface area contributed by atoms with Gasteiger partial charge in [-0.1, -0.05) is 6.07 Å². The van der Waals surface area contributed by atoms with E-state index in [-0.39, 0.29) is 5.56 Å². The molecule has 20 heavy (non-hydrogen) atoms. The van der Waals surface area contributed by atoms with Crippen LogP contribution >= 0.6 is 0 Å². The third-order valence-electron chi connectivity index (χ3n) is 3.02. The molecule has 0 atom stereocenters. The van der Waals surface area contributed by atoms with Crippen molar-refractivity contribution in [1.29, 1.82) is 0 Å². The molecule has 0 saturated carbocycles. The lowest BCUT2D eigenvalue weighted by molar-refractivity contribution is 0.584. The topological polar surface area (TPSA) is 45.8 Å². The van der Waals surface area contributed by atoms with E-state index in [4.69, 9.17) is 0 Å². The van der Waals surface area contributed by atoms with Gasteiger partial charge in [0.25, 0.3) is 5.56 Å². The number of nitrogens with one attached hydrogen (secondary N) is 1. The maximum Gasteiger partial charge on any atom is 0.258 e. The molecule has 0 spiro atoms.